The number of nitro benzene ring substituents is 1. The molecule has 1 amide bonds. The number of non-ortho nitro benzene ring substituents is 1. The van der Waals surface area contributed by atoms with Crippen molar-refractivity contribution in [2.45, 2.75) is 0 Å². The van der Waals surface area contributed by atoms with Crippen molar-refractivity contribution in [1.82, 2.24) is 5.43 Å². The van der Waals surface area contributed by atoms with Crippen LogP contribution < -0.4 is 11.3 Å². The number of benzene rings is 2. The lowest BCUT2D eigenvalue weighted by atomic mass is 9.98. The molecule has 0 bridgehead atoms. The third kappa shape index (κ3) is 2.93. The molecule has 106 valence electrons. The fraction of sp³-hybridized carbons (Fsp3) is 0. The van der Waals surface area contributed by atoms with Crippen molar-refractivity contribution in [2.75, 3.05) is 0 Å². The van der Waals surface area contributed by atoms with Gasteiger partial charge in [-0.15, -0.1) is 0 Å². The molecule has 7 heteroatoms. The first-order chi connectivity index (χ1) is 10.0. The Morgan fingerprint density at radius 3 is 2.10 bits per heavy atom. The number of rotatable bonds is 4. The van der Waals surface area contributed by atoms with Gasteiger partial charge in [0.2, 0.25) is 0 Å². The molecule has 2 aromatic carbocycles. The predicted molar refractivity (Wildman–Crippen MR) is 74.6 cm³/mol. The molecule has 0 saturated carbocycles. The quantitative estimate of drug-likeness (QED) is 0.290. The van der Waals surface area contributed by atoms with Crippen molar-refractivity contribution in [1.29, 1.82) is 0 Å². The van der Waals surface area contributed by atoms with Gasteiger partial charge < -0.3 is 0 Å². The summed E-state index contributed by atoms with van der Waals surface area (Å²) in [6.07, 6.45) is 0. The van der Waals surface area contributed by atoms with E-state index in [0.717, 1.165) is 0 Å². The van der Waals surface area contributed by atoms with Gasteiger partial charge in [0, 0.05) is 23.3 Å². The fourth-order valence-corrected chi connectivity index (χ4v) is 1.85. The van der Waals surface area contributed by atoms with Crippen LogP contribution in [0, 0.1) is 10.1 Å². The highest BCUT2D eigenvalue weighted by Crippen LogP contribution is 2.17. The van der Waals surface area contributed by atoms with E-state index in [1.54, 1.807) is 12.1 Å². The summed E-state index contributed by atoms with van der Waals surface area (Å²) in [6, 6.07) is 11.4. The number of nitrogen functional groups attached to an aromatic ring is 1. The summed E-state index contributed by atoms with van der Waals surface area (Å²) in [6.45, 7) is 0. The molecule has 21 heavy (non-hydrogen) atoms. The van der Waals surface area contributed by atoms with Crippen molar-refractivity contribution >= 4 is 17.4 Å². The maximum absolute atomic E-state index is 12.4. The Kier molecular flexibility index (Phi) is 4.05. The van der Waals surface area contributed by atoms with Gasteiger partial charge in [-0.2, -0.15) is 0 Å². The number of hydrazine groups is 1. The van der Waals surface area contributed by atoms with Crippen LogP contribution in [0.1, 0.15) is 26.3 Å². The first-order valence-corrected chi connectivity index (χ1v) is 5.93. The molecule has 0 aromatic heterocycles. The minimum absolute atomic E-state index is 0.112. The number of amides is 1. The van der Waals surface area contributed by atoms with Crippen molar-refractivity contribution in [3.8, 4) is 0 Å². The Balaban J connectivity index is 2.40. The van der Waals surface area contributed by atoms with Crippen LogP contribution in [0.25, 0.3) is 0 Å². The van der Waals surface area contributed by atoms with Crippen LogP contribution in [0.15, 0.2) is 48.5 Å². The standard InChI is InChI=1S/C14H11N3O4/c15-16-14(19)12-4-2-1-3-11(12)13(18)9-5-7-10(8-6-9)17(20)21/h1-8H,15H2,(H,16,19). The number of nitrogens with one attached hydrogen (secondary N) is 1. The first kappa shape index (κ1) is 14.4. The van der Waals surface area contributed by atoms with E-state index in [0.29, 0.717) is 0 Å². The van der Waals surface area contributed by atoms with Gasteiger partial charge in [-0.05, 0) is 18.2 Å². The average molecular weight is 285 g/mol. The molecule has 2 rings (SSSR count). The fourth-order valence-electron chi connectivity index (χ4n) is 1.85. The maximum atomic E-state index is 12.4. The van der Waals surface area contributed by atoms with Gasteiger partial charge >= 0.3 is 0 Å². The lowest BCUT2D eigenvalue weighted by Crippen LogP contribution is -2.31. The average Bonchev–Trinajstić information content (AvgIpc) is 2.53. The number of nitrogens with two attached hydrogens (primary N) is 1. The van der Waals surface area contributed by atoms with E-state index in [-0.39, 0.29) is 22.4 Å². The highest BCUT2D eigenvalue weighted by Gasteiger charge is 2.18. The molecule has 0 spiro atoms. The van der Waals surface area contributed by atoms with Crippen LogP contribution in [-0.4, -0.2) is 16.6 Å². The SMILES string of the molecule is NNC(=O)c1ccccc1C(=O)c1ccc([N+](=O)[O-])cc1. The first-order valence-electron chi connectivity index (χ1n) is 5.93. The Labute approximate surface area is 119 Å². The van der Waals surface area contributed by atoms with Crippen LogP contribution >= 0.6 is 0 Å². The second-order valence-electron chi connectivity index (χ2n) is 4.15. The summed E-state index contributed by atoms with van der Waals surface area (Å²) in [4.78, 5) is 34.1. The van der Waals surface area contributed by atoms with Crippen LogP contribution in [0.2, 0.25) is 0 Å². The molecule has 0 heterocycles. The molecule has 2 aromatic rings. The lowest BCUT2D eigenvalue weighted by molar-refractivity contribution is -0.384. The van der Waals surface area contributed by atoms with Gasteiger partial charge in [-0.3, -0.25) is 25.1 Å². The Hall–Kier alpha value is -3.06. The summed E-state index contributed by atoms with van der Waals surface area (Å²) < 4.78 is 0. The number of hydrogen-bond donors (Lipinski definition) is 2. The molecule has 0 unspecified atom stereocenters. The van der Waals surface area contributed by atoms with E-state index in [4.69, 9.17) is 5.84 Å². The van der Waals surface area contributed by atoms with Crippen LogP contribution in [0.5, 0.6) is 0 Å². The Morgan fingerprint density at radius 1 is 1.00 bits per heavy atom. The molecule has 0 aliphatic carbocycles. The van der Waals surface area contributed by atoms with Crippen LogP contribution in [-0.2, 0) is 0 Å². The number of carbonyl (C=O) groups is 2. The van der Waals surface area contributed by atoms with Crippen molar-refractivity contribution in [3.63, 3.8) is 0 Å². The van der Waals surface area contributed by atoms with Crippen molar-refractivity contribution in [3.05, 3.63) is 75.3 Å². The second-order valence-corrected chi connectivity index (χ2v) is 4.15. The number of hydrogen-bond acceptors (Lipinski definition) is 5. The van der Waals surface area contributed by atoms with Gasteiger partial charge in [0.15, 0.2) is 5.78 Å². The molecule has 0 aliphatic rings. The van der Waals surface area contributed by atoms with Gasteiger partial charge in [-0.25, -0.2) is 5.84 Å². The molecule has 0 atom stereocenters. The summed E-state index contributed by atoms with van der Waals surface area (Å²) >= 11 is 0. The van der Waals surface area contributed by atoms with Crippen LogP contribution in [0.4, 0.5) is 5.69 Å². The zero-order chi connectivity index (χ0) is 15.4. The third-order valence-corrected chi connectivity index (χ3v) is 2.89. The van der Waals surface area contributed by atoms with E-state index in [1.807, 2.05) is 5.43 Å². The minimum Gasteiger partial charge on any atom is -0.290 e. The zero-order valence-electron chi connectivity index (χ0n) is 10.8. The van der Waals surface area contributed by atoms with E-state index in [9.17, 15) is 19.7 Å². The number of ketones is 1. The van der Waals surface area contributed by atoms with Gasteiger partial charge in [0.05, 0.1) is 10.5 Å². The van der Waals surface area contributed by atoms with E-state index in [1.165, 1.54) is 36.4 Å². The zero-order valence-corrected chi connectivity index (χ0v) is 10.8. The highest BCUT2D eigenvalue weighted by molar-refractivity contribution is 6.15. The maximum Gasteiger partial charge on any atom is 0.269 e. The molecular weight excluding hydrogens is 274 g/mol. The molecule has 0 aliphatic heterocycles. The number of nitro groups is 1. The van der Waals surface area contributed by atoms with Crippen molar-refractivity contribution in [2.24, 2.45) is 5.84 Å². The predicted octanol–water partition coefficient (Wildman–Crippen LogP) is 1.43. The van der Waals surface area contributed by atoms with Crippen molar-refractivity contribution < 1.29 is 14.5 Å². The van der Waals surface area contributed by atoms with Gasteiger partial charge in [-0.1, -0.05) is 18.2 Å². The topological polar surface area (TPSA) is 115 Å². The van der Waals surface area contributed by atoms with Crippen LogP contribution in [0.3, 0.4) is 0 Å². The summed E-state index contributed by atoms with van der Waals surface area (Å²) in [5.41, 5.74) is 2.43. The molecule has 3 N–H and O–H groups in total. The minimum atomic E-state index is -0.583. The summed E-state index contributed by atoms with van der Waals surface area (Å²) in [7, 11) is 0. The number of nitrogens with zero attached hydrogens (tertiary/aromatic N) is 1. The Morgan fingerprint density at radius 2 is 1.57 bits per heavy atom. The van der Waals surface area contributed by atoms with Gasteiger partial charge in [0.25, 0.3) is 11.6 Å². The van der Waals surface area contributed by atoms with E-state index in [2.05, 4.69) is 0 Å². The molecule has 0 saturated heterocycles. The van der Waals surface area contributed by atoms with Gasteiger partial charge in [0.1, 0.15) is 0 Å². The largest absolute Gasteiger partial charge is 0.290 e. The highest BCUT2D eigenvalue weighted by atomic mass is 16.6. The normalized spacial score (nSPS) is 9.95. The molecule has 0 fully saturated rings. The summed E-state index contributed by atoms with van der Waals surface area (Å²) in [5.74, 6) is 4.08. The molecule has 0 radical (unpaired) electrons. The monoisotopic (exact) mass is 285 g/mol. The third-order valence-electron chi connectivity index (χ3n) is 2.89. The summed E-state index contributed by atoms with van der Waals surface area (Å²) in [5, 5.41) is 10.6. The molecular formula is C14H11N3O4. The second kappa shape index (κ2) is 5.93. The van der Waals surface area contributed by atoms with E-state index < -0.39 is 16.6 Å². The number of carbonyl (C=O) groups excluding carboxylic acids is 2. The molecule has 7 nitrogen and oxygen atoms in total. The smallest absolute Gasteiger partial charge is 0.269 e. The Bertz CT molecular complexity index is 710. The lowest BCUT2D eigenvalue weighted by Gasteiger charge is -2.07. The van der Waals surface area contributed by atoms with E-state index >= 15 is 0 Å².